The number of ether oxygens (including phenoxy) is 5. The van der Waals surface area contributed by atoms with E-state index in [4.69, 9.17) is 23.7 Å². The van der Waals surface area contributed by atoms with E-state index in [1.807, 2.05) is 91.0 Å². The first kappa shape index (κ1) is 27.0. The second kappa shape index (κ2) is 14.0. The molecule has 5 atom stereocenters. The van der Waals surface area contributed by atoms with E-state index < -0.39 is 36.5 Å². The Morgan fingerprint density at radius 2 is 1.14 bits per heavy atom. The molecule has 7 heteroatoms. The summed E-state index contributed by atoms with van der Waals surface area (Å²) in [5, 5.41) is 9.79. The third-order valence-electron chi connectivity index (χ3n) is 6.34. The minimum atomic E-state index is -1.04. The van der Waals surface area contributed by atoms with Crippen molar-refractivity contribution in [2.75, 3.05) is 13.7 Å². The van der Waals surface area contributed by atoms with Crippen molar-refractivity contribution in [1.29, 1.82) is 0 Å². The van der Waals surface area contributed by atoms with Crippen LogP contribution in [0.25, 0.3) is 0 Å². The van der Waals surface area contributed by atoms with Crippen LogP contribution in [0.15, 0.2) is 91.0 Å². The van der Waals surface area contributed by atoms with E-state index >= 15 is 0 Å². The average molecular weight is 507 g/mol. The maximum atomic E-state index is 12.9. The van der Waals surface area contributed by atoms with Gasteiger partial charge in [0.15, 0.2) is 6.10 Å². The topological polar surface area (TPSA) is 83.5 Å². The smallest absolute Gasteiger partial charge is 0.337 e. The van der Waals surface area contributed by atoms with Crippen LogP contribution in [0.2, 0.25) is 0 Å². The quantitative estimate of drug-likeness (QED) is 0.371. The van der Waals surface area contributed by atoms with Gasteiger partial charge in [-0.3, -0.25) is 0 Å². The number of esters is 1. The number of aliphatic hydroxyl groups is 1. The lowest BCUT2D eigenvalue weighted by atomic mass is 9.92. The SMILES string of the molecule is COC(=O)[C@H]1O[C@H](CCO)[C@H](OCc2ccccc2)[C@@H](OCc2ccccc2)[C@@H]1OCc1ccccc1. The summed E-state index contributed by atoms with van der Waals surface area (Å²) in [6, 6.07) is 29.3. The lowest BCUT2D eigenvalue weighted by Crippen LogP contribution is -2.62. The van der Waals surface area contributed by atoms with Crippen LogP contribution in [0.5, 0.6) is 0 Å². The van der Waals surface area contributed by atoms with Crippen molar-refractivity contribution in [2.24, 2.45) is 0 Å². The van der Waals surface area contributed by atoms with E-state index in [1.54, 1.807) is 0 Å². The van der Waals surface area contributed by atoms with Gasteiger partial charge in [-0.1, -0.05) is 91.0 Å². The summed E-state index contributed by atoms with van der Waals surface area (Å²) in [4.78, 5) is 12.9. The number of carbonyl (C=O) groups excluding carboxylic acids is 1. The highest BCUT2D eigenvalue weighted by atomic mass is 16.6. The largest absolute Gasteiger partial charge is 0.467 e. The first-order valence-corrected chi connectivity index (χ1v) is 12.5. The summed E-state index contributed by atoms with van der Waals surface area (Å²) in [7, 11) is 1.32. The summed E-state index contributed by atoms with van der Waals surface area (Å²) in [6.45, 7) is 0.728. The van der Waals surface area contributed by atoms with E-state index in [0.29, 0.717) is 13.2 Å². The van der Waals surface area contributed by atoms with Gasteiger partial charge in [0, 0.05) is 6.61 Å². The number of hydrogen-bond acceptors (Lipinski definition) is 7. The molecule has 3 aromatic rings. The predicted molar refractivity (Wildman–Crippen MR) is 137 cm³/mol. The minimum absolute atomic E-state index is 0.134. The van der Waals surface area contributed by atoms with Crippen molar-refractivity contribution in [3.05, 3.63) is 108 Å². The van der Waals surface area contributed by atoms with Crippen LogP contribution in [-0.2, 0) is 48.3 Å². The van der Waals surface area contributed by atoms with Gasteiger partial charge >= 0.3 is 5.97 Å². The lowest BCUT2D eigenvalue weighted by molar-refractivity contribution is -0.267. The van der Waals surface area contributed by atoms with Crippen molar-refractivity contribution >= 4 is 5.97 Å². The molecule has 37 heavy (non-hydrogen) atoms. The van der Waals surface area contributed by atoms with E-state index in [-0.39, 0.29) is 19.6 Å². The van der Waals surface area contributed by atoms with Gasteiger partial charge in [0.25, 0.3) is 0 Å². The number of benzene rings is 3. The first-order chi connectivity index (χ1) is 18.2. The maximum absolute atomic E-state index is 12.9. The van der Waals surface area contributed by atoms with E-state index in [0.717, 1.165) is 16.7 Å². The molecular weight excluding hydrogens is 472 g/mol. The molecule has 0 radical (unpaired) electrons. The molecule has 196 valence electrons. The summed E-state index contributed by atoms with van der Waals surface area (Å²) < 4.78 is 30.4. The number of carbonyl (C=O) groups is 1. The third-order valence-corrected chi connectivity index (χ3v) is 6.34. The molecule has 1 aliphatic rings. The molecule has 1 N–H and O–H groups in total. The van der Waals surface area contributed by atoms with Crippen molar-refractivity contribution in [2.45, 2.75) is 56.8 Å². The van der Waals surface area contributed by atoms with Gasteiger partial charge in [0.2, 0.25) is 0 Å². The molecule has 0 aromatic heterocycles. The van der Waals surface area contributed by atoms with E-state index in [1.165, 1.54) is 7.11 Å². The van der Waals surface area contributed by atoms with Gasteiger partial charge in [0.05, 0.1) is 33.0 Å². The van der Waals surface area contributed by atoms with Crippen LogP contribution in [0.4, 0.5) is 0 Å². The fraction of sp³-hybridized carbons (Fsp3) is 0.367. The van der Waals surface area contributed by atoms with Crippen LogP contribution < -0.4 is 0 Å². The van der Waals surface area contributed by atoms with Crippen molar-refractivity contribution in [3.8, 4) is 0 Å². The summed E-state index contributed by atoms with van der Waals surface area (Å²) in [6.07, 6.45) is -3.44. The van der Waals surface area contributed by atoms with Gasteiger partial charge < -0.3 is 28.8 Å². The molecule has 0 unspecified atom stereocenters. The highest BCUT2D eigenvalue weighted by Gasteiger charge is 2.51. The van der Waals surface area contributed by atoms with Crippen molar-refractivity contribution in [3.63, 3.8) is 0 Å². The number of methoxy groups -OCH3 is 1. The van der Waals surface area contributed by atoms with Crippen molar-refractivity contribution in [1.82, 2.24) is 0 Å². The molecule has 0 bridgehead atoms. The molecular formula is C30H34O7. The Hall–Kier alpha value is -3.07. The molecule has 1 heterocycles. The molecule has 0 aliphatic carbocycles. The number of aliphatic hydroxyl groups excluding tert-OH is 1. The van der Waals surface area contributed by atoms with Crippen LogP contribution in [-0.4, -0.2) is 55.3 Å². The van der Waals surface area contributed by atoms with Crippen LogP contribution >= 0.6 is 0 Å². The number of rotatable bonds is 12. The monoisotopic (exact) mass is 506 g/mol. The molecule has 3 aromatic carbocycles. The van der Waals surface area contributed by atoms with E-state index in [9.17, 15) is 9.90 Å². The highest BCUT2D eigenvalue weighted by molar-refractivity contribution is 5.75. The van der Waals surface area contributed by atoms with E-state index in [2.05, 4.69) is 0 Å². The number of hydrogen-bond donors (Lipinski definition) is 1. The van der Waals surface area contributed by atoms with Gasteiger partial charge in [-0.2, -0.15) is 0 Å². The van der Waals surface area contributed by atoms with Gasteiger partial charge in [-0.25, -0.2) is 4.79 Å². The Bertz CT molecular complexity index is 1060. The van der Waals surface area contributed by atoms with Crippen molar-refractivity contribution < 1.29 is 33.6 Å². The Kier molecular flexibility index (Phi) is 10.2. The van der Waals surface area contributed by atoms with Crippen LogP contribution in [0.1, 0.15) is 23.1 Å². The second-order valence-corrected chi connectivity index (χ2v) is 8.91. The second-order valence-electron chi connectivity index (χ2n) is 8.91. The third kappa shape index (κ3) is 7.47. The Labute approximate surface area is 217 Å². The normalized spacial score (nSPS) is 23.5. The molecule has 0 saturated carbocycles. The fourth-order valence-corrected chi connectivity index (χ4v) is 4.45. The molecule has 1 aliphatic heterocycles. The molecule has 1 fully saturated rings. The average Bonchev–Trinajstić information content (AvgIpc) is 2.95. The first-order valence-electron chi connectivity index (χ1n) is 12.5. The van der Waals surface area contributed by atoms with Gasteiger partial charge in [0.1, 0.15) is 18.3 Å². The fourth-order valence-electron chi connectivity index (χ4n) is 4.45. The standard InChI is InChI=1S/C30H34O7/c1-33-30(32)29-28(36-21-24-15-9-4-10-16-24)27(35-20-23-13-7-3-8-14-23)26(25(37-29)17-18-31)34-19-22-11-5-2-6-12-22/h2-16,25-29,31H,17-21H2,1H3/t25-,26+,27-,28+,29+/m1/s1. The molecule has 0 spiro atoms. The Balaban J connectivity index is 1.63. The highest BCUT2D eigenvalue weighted by Crippen LogP contribution is 2.32. The Morgan fingerprint density at radius 3 is 1.57 bits per heavy atom. The Morgan fingerprint density at radius 1 is 0.703 bits per heavy atom. The zero-order valence-electron chi connectivity index (χ0n) is 21.0. The summed E-state index contributed by atoms with van der Waals surface area (Å²) >= 11 is 0. The van der Waals surface area contributed by atoms with Gasteiger partial charge in [-0.05, 0) is 23.1 Å². The van der Waals surface area contributed by atoms with Gasteiger partial charge in [-0.15, -0.1) is 0 Å². The summed E-state index contributed by atoms with van der Waals surface area (Å²) in [5.41, 5.74) is 2.92. The van der Waals surface area contributed by atoms with Crippen LogP contribution in [0.3, 0.4) is 0 Å². The van der Waals surface area contributed by atoms with Crippen LogP contribution in [0, 0.1) is 0 Å². The molecule has 1 saturated heterocycles. The lowest BCUT2D eigenvalue weighted by Gasteiger charge is -2.45. The minimum Gasteiger partial charge on any atom is -0.467 e. The maximum Gasteiger partial charge on any atom is 0.337 e. The zero-order chi connectivity index (χ0) is 25.9. The predicted octanol–water partition coefficient (Wildman–Crippen LogP) is 4.07. The molecule has 4 rings (SSSR count). The molecule has 0 amide bonds. The summed E-state index contributed by atoms with van der Waals surface area (Å²) in [5.74, 6) is -0.559. The molecule has 7 nitrogen and oxygen atoms in total. The zero-order valence-corrected chi connectivity index (χ0v) is 21.0.